The van der Waals surface area contributed by atoms with Gasteiger partial charge in [-0.25, -0.2) is 0 Å². The maximum absolute atomic E-state index is 12.5. The second-order valence-corrected chi connectivity index (χ2v) is 6.19. The number of amides is 3. The number of halogens is 1. The third kappa shape index (κ3) is 4.29. The van der Waals surface area contributed by atoms with E-state index in [1.54, 1.807) is 12.1 Å². The molecular formula is C17H23ClN4O3. The van der Waals surface area contributed by atoms with Crippen molar-refractivity contribution in [2.45, 2.75) is 25.8 Å². The Morgan fingerprint density at radius 1 is 1.20 bits per heavy atom. The first-order valence-electron chi connectivity index (χ1n) is 8.25. The Morgan fingerprint density at radius 3 is 2.68 bits per heavy atom. The Hall–Kier alpha value is -2.12. The molecule has 3 amide bonds. The van der Waals surface area contributed by atoms with Gasteiger partial charge in [-0.15, -0.1) is 12.4 Å². The van der Waals surface area contributed by atoms with Crippen molar-refractivity contribution >= 4 is 41.5 Å². The molecule has 7 nitrogen and oxygen atoms in total. The van der Waals surface area contributed by atoms with Crippen LogP contribution in [0.1, 0.15) is 19.8 Å². The summed E-state index contributed by atoms with van der Waals surface area (Å²) in [7, 11) is 0. The molecule has 2 aliphatic rings. The minimum atomic E-state index is -0.218. The van der Waals surface area contributed by atoms with Crippen LogP contribution in [-0.4, -0.2) is 54.8 Å². The molecule has 1 atom stereocenters. The predicted octanol–water partition coefficient (Wildman–Crippen LogP) is 0.994. The maximum Gasteiger partial charge on any atom is 0.244 e. The van der Waals surface area contributed by atoms with Gasteiger partial charge in [-0.2, -0.15) is 0 Å². The van der Waals surface area contributed by atoms with Gasteiger partial charge in [0.05, 0.1) is 11.4 Å². The molecule has 2 N–H and O–H groups in total. The minimum Gasteiger partial charge on any atom is -0.337 e. The molecule has 0 saturated carbocycles. The number of rotatable bonds is 3. The number of nitrogens with one attached hydrogen (secondary N) is 2. The monoisotopic (exact) mass is 366 g/mol. The molecule has 8 heteroatoms. The normalized spacial score (nSPS) is 19.6. The van der Waals surface area contributed by atoms with Crippen LogP contribution < -0.4 is 15.5 Å². The van der Waals surface area contributed by atoms with Gasteiger partial charge in [0.25, 0.3) is 0 Å². The molecule has 0 radical (unpaired) electrons. The van der Waals surface area contributed by atoms with E-state index in [9.17, 15) is 14.4 Å². The van der Waals surface area contributed by atoms with Gasteiger partial charge in [0.15, 0.2) is 0 Å². The van der Waals surface area contributed by atoms with E-state index in [-0.39, 0.29) is 55.6 Å². The van der Waals surface area contributed by atoms with Crippen molar-refractivity contribution in [2.75, 3.05) is 36.4 Å². The van der Waals surface area contributed by atoms with E-state index in [2.05, 4.69) is 10.6 Å². The fourth-order valence-electron chi connectivity index (χ4n) is 3.16. The topological polar surface area (TPSA) is 81.8 Å². The Balaban J connectivity index is 0.00000225. The summed E-state index contributed by atoms with van der Waals surface area (Å²) in [6, 6.07) is 7.34. The van der Waals surface area contributed by atoms with E-state index in [1.807, 2.05) is 24.0 Å². The molecule has 3 rings (SSSR count). The van der Waals surface area contributed by atoms with Gasteiger partial charge >= 0.3 is 0 Å². The first-order valence-corrected chi connectivity index (χ1v) is 8.25. The molecule has 2 aliphatic heterocycles. The van der Waals surface area contributed by atoms with E-state index < -0.39 is 0 Å². The molecule has 0 spiro atoms. The highest BCUT2D eigenvalue weighted by Gasteiger charge is 2.28. The van der Waals surface area contributed by atoms with Crippen LogP contribution in [0.15, 0.2) is 24.3 Å². The second kappa shape index (κ2) is 8.31. The van der Waals surface area contributed by atoms with E-state index in [0.29, 0.717) is 17.9 Å². The summed E-state index contributed by atoms with van der Waals surface area (Å²) in [6.07, 6.45) is 0.278. The third-order valence-corrected chi connectivity index (χ3v) is 4.45. The van der Waals surface area contributed by atoms with Crippen LogP contribution in [0.5, 0.6) is 0 Å². The molecular weight excluding hydrogens is 344 g/mol. The number of anilines is 2. The smallest absolute Gasteiger partial charge is 0.244 e. The average molecular weight is 367 g/mol. The van der Waals surface area contributed by atoms with E-state index >= 15 is 0 Å². The highest BCUT2D eigenvalue weighted by Crippen LogP contribution is 2.29. The number of nitrogens with zero attached hydrogens (tertiary/aromatic N) is 2. The Kier molecular flexibility index (Phi) is 6.39. The Morgan fingerprint density at radius 2 is 1.92 bits per heavy atom. The van der Waals surface area contributed by atoms with Gasteiger partial charge in [-0.05, 0) is 19.1 Å². The SMILES string of the molecule is C[C@@H]1CNCCN1C(=O)CCC(=O)N1CC(=O)Nc2ccccc21.Cl. The molecule has 0 aromatic heterocycles. The molecule has 0 aliphatic carbocycles. The van der Waals surface area contributed by atoms with Gasteiger partial charge in [0.1, 0.15) is 6.54 Å². The van der Waals surface area contributed by atoms with E-state index in [4.69, 9.17) is 0 Å². The van der Waals surface area contributed by atoms with E-state index in [0.717, 1.165) is 13.1 Å². The molecule has 1 saturated heterocycles. The molecule has 0 unspecified atom stereocenters. The first-order chi connectivity index (χ1) is 11.6. The van der Waals surface area contributed by atoms with Gasteiger partial charge in [0.2, 0.25) is 17.7 Å². The molecule has 25 heavy (non-hydrogen) atoms. The lowest BCUT2D eigenvalue weighted by atomic mass is 10.1. The van der Waals surface area contributed by atoms with Crippen LogP contribution >= 0.6 is 12.4 Å². The van der Waals surface area contributed by atoms with Crippen molar-refractivity contribution in [3.63, 3.8) is 0 Å². The number of carbonyl (C=O) groups is 3. The van der Waals surface area contributed by atoms with Crippen LogP contribution in [-0.2, 0) is 14.4 Å². The van der Waals surface area contributed by atoms with Crippen molar-refractivity contribution in [1.29, 1.82) is 0 Å². The van der Waals surface area contributed by atoms with Crippen LogP contribution in [0.25, 0.3) is 0 Å². The highest BCUT2D eigenvalue weighted by atomic mass is 35.5. The Bertz CT molecular complexity index is 667. The molecule has 0 bridgehead atoms. The molecule has 1 aromatic rings. The van der Waals surface area contributed by atoms with Crippen molar-refractivity contribution in [3.8, 4) is 0 Å². The van der Waals surface area contributed by atoms with Crippen LogP contribution in [0.2, 0.25) is 0 Å². The summed E-state index contributed by atoms with van der Waals surface area (Å²) in [5, 5.41) is 5.99. The van der Waals surface area contributed by atoms with Gasteiger partial charge in [0, 0.05) is 38.5 Å². The van der Waals surface area contributed by atoms with Gasteiger partial charge in [-0.1, -0.05) is 12.1 Å². The summed E-state index contributed by atoms with van der Waals surface area (Å²) >= 11 is 0. The zero-order chi connectivity index (χ0) is 17.1. The lowest BCUT2D eigenvalue weighted by Crippen LogP contribution is -2.52. The average Bonchev–Trinajstić information content (AvgIpc) is 2.59. The van der Waals surface area contributed by atoms with Gasteiger partial charge in [-0.3, -0.25) is 14.4 Å². The van der Waals surface area contributed by atoms with Crippen LogP contribution in [0.3, 0.4) is 0 Å². The molecule has 2 heterocycles. The lowest BCUT2D eigenvalue weighted by Gasteiger charge is -2.34. The van der Waals surface area contributed by atoms with Crippen molar-refractivity contribution < 1.29 is 14.4 Å². The minimum absolute atomic E-state index is 0. The summed E-state index contributed by atoms with van der Waals surface area (Å²) < 4.78 is 0. The van der Waals surface area contributed by atoms with Crippen molar-refractivity contribution in [2.24, 2.45) is 0 Å². The van der Waals surface area contributed by atoms with Gasteiger partial charge < -0.3 is 20.4 Å². The van der Waals surface area contributed by atoms with Crippen molar-refractivity contribution in [1.82, 2.24) is 10.2 Å². The number of piperazine rings is 1. The zero-order valence-corrected chi connectivity index (χ0v) is 15.0. The number of carbonyl (C=O) groups excluding carboxylic acids is 3. The Labute approximate surface area is 153 Å². The third-order valence-electron chi connectivity index (χ3n) is 4.45. The highest BCUT2D eigenvalue weighted by molar-refractivity contribution is 6.10. The zero-order valence-electron chi connectivity index (χ0n) is 14.2. The quantitative estimate of drug-likeness (QED) is 0.836. The van der Waals surface area contributed by atoms with Crippen LogP contribution in [0.4, 0.5) is 11.4 Å². The summed E-state index contributed by atoms with van der Waals surface area (Å²) in [5.74, 6) is -0.426. The summed E-state index contributed by atoms with van der Waals surface area (Å²) in [5.41, 5.74) is 1.31. The number of hydrogen-bond donors (Lipinski definition) is 2. The number of para-hydroxylation sites is 2. The summed E-state index contributed by atoms with van der Waals surface area (Å²) in [4.78, 5) is 40.0. The lowest BCUT2D eigenvalue weighted by molar-refractivity contribution is -0.135. The second-order valence-electron chi connectivity index (χ2n) is 6.19. The fourth-order valence-corrected chi connectivity index (χ4v) is 3.16. The molecule has 1 fully saturated rings. The molecule has 136 valence electrons. The maximum atomic E-state index is 12.5. The number of hydrogen-bond acceptors (Lipinski definition) is 4. The molecule has 1 aromatic carbocycles. The van der Waals surface area contributed by atoms with Crippen molar-refractivity contribution in [3.05, 3.63) is 24.3 Å². The number of fused-ring (bicyclic) bond motifs is 1. The number of benzene rings is 1. The standard InChI is InChI=1S/C17H22N4O3.ClH/c1-12-10-18-8-9-20(12)16(23)6-7-17(24)21-11-15(22)19-13-4-2-3-5-14(13)21;/h2-5,12,18H,6-11H2,1H3,(H,19,22);1H/t12-;/m1./s1. The summed E-state index contributed by atoms with van der Waals surface area (Å²) in [6.45, 7) is 4.22. The fraction of sp³-hybridized carbons (Fsp3) is 0.471. The first kappa shape index (κ1) is 19.2. The van der Waals surface area contributed by atoms with E-state index in [1.165, 1.54) is 4.90 Å². The largest absolute Gasteiger partial charge is 0.337 e. The predicted molar refractivity (Wildman–Crippen MR) is 98.0 cm³/mol. The van der Waals surface area contributed by atoms with Crippen LogP contribution in [0, 0.1) is 0 Å².